The van der Waals surface area contributed by atoms with Crippen LogP contribution in [-0.2, 0) is 0 Å². The van der Waals surface area contributed by atoms with Gasteiger partial charge in [-0.1, -0.05) is 12.2 Å². The molecule has 0 aliphatic rings. The van der Waals surface area contributed by atoms with Gasteiger partial charge in [-0.3, -0.25) is 0 Å². The highest BCUT2D eigenvalue weighted by Crippen LogP contribution is 2.24. The highest BCUT2D eigenvalue weighted by Gasteiger charge is 2.00. The van der Waals surface area contributed by atoms with Crippen LogP contribution < -0.4 is 9.47 Å². The largest absolute Gasteiger partial charge is 0.497 e. The second kappa shape index (κ2) is 4.55. The minimum atomic E-state index is 0.842. The van der Waals surface area contributed by atoms with Gasteiger partial charge in [0.15, 0.2) is 0 Å². The normalized spacial score (nSPS) is 10.4. The second-order valence-corrected chi connectivity index (χ2v) is 2.61. The maximum atomic E-state index is 5.19. The summed E-state index contributed by atoms with van der Waals surface area (Å²) in [5, 5.41) is 0. The molecule has 0 aromatic heterocycles. The average molecular weight is 178 g/mol. The fourth-order valence-corrected chi connectivity index (χ4v) is 1.15. The third-order valence-electron chi connectivity index (χ3n) is 1.78. The molecule has 1 rings (SSSR count). The standard InChI is InChI=1S/C11H14O2/c1-4-5-9-8-10(12-2)6-7-11(9)13-3/h4-8H,1-3H3/b5-4+. The topological polar surface area (TPSA) is 18.5 Å². The summed E-state index contributed by atoms with van der Waals surface area (Å²) in [6.07, 6.45) is 3.96. The quantitative estimate of drug-likeness (QED) is 0.708. The minimum Gasteiger partial charge on any atom is -0.497 e. The highest BCUT2D eigenvalue weighted by molar-refractivity contribution is 5.59. The minimum absolute atomic E-state index is 0.842. The first kappa shape index (κ1) is 9.65. The van der Waals surface area contributed by atoms with Crippen LogP contribution in [-0.4, -0.2) is 14.2 Å². The van der Waals surface area contributed by atoms with E-state index in [4.69, 9.17) is 9.47 Å². The molecular formula is C11H14O2. The molecule has 0 amide bonds. The van der Waals surface area contributed by atoms with Gasteiger partial charge < -0.3 is 9.47 Å². The molecule has 0 bridgehead atoms. The Balaban J connectivity index is 3.09. The molecule has 0 fully saturated rings. The Labute approximate surface area is 78.8 Å². The Morgan fingerprint density at radius 1 is 1.15 bits per heavy atom. The SMILES string of the molecule is C/C=C/c1cc(OC)ccc1OC. The van der Waals surface area contributed by atoms with Gasteiger partial charge in [0.1, 0.15) is 11.5 Å². The van der Waals surface area contributed by atoms with E-state index in [1.165, 1.54) is 0 Å². The Morgan fingerprint density at radius 3 is 2.46 bits per heavy atom. The van der Waals surface area contributed by atoms with Crippen LogP contribution in [0.25, 0.3) is 6.08 Å². The van der Waals surface area contributed by atoms with Gasteiger partial charge in [-0.25, -0.2) is 0 Å². The van der Waals surface area contributed by atoms with E-state index in [1.807, 2.05) is 37.3 Å². The van der Waals surface area contributed by atoms with E-state index in [-0.39, 0.29) is 0 Å². The van der Waals surface area contributed by atoms with Crippen molar-refractivity contribution in [1.29, 1.82) is 0 Å². The molecule has 0 atom stereocenters. The van der Waals surface area contributed by atoms with Crippen LogP contribution in [0.3, 0.4) is 0 Å². The number of methoxy groups -OCH3 is 2. The summed E-state index contributed by atoms with van der Waals surface area (Å²) in [5.41, 5.74) is 1.03. The van der Waals surface area contributed by atoms with Crippen molar-refractivity contribution in [2.24, 2.45) is 0 Å². The number of hydrogen-bond acceptors (Lipinski definition) is 2. The highest BCUT2D eigenvalue weighted by atomic mass is 16.5. The number of rotatable bonds is 3. The second-order valence-electron chi connectivity index (χ2n) is 2.61. The molecule has 0 unspecified atom stereocenters. The molecule has 0 spiro atoms. The Hall–Kier alpha value is -1.44. The van der Waals surface area contributed by atoms with E-state index >= 15 is 0 Å². The first-order valence-electron chi connectivity index (χ1n) is 4.16. The van der Waals surface area contributed by atoms with Crippen molar-refractivity contribution in [1.82, 2.24) is 0 Å². The molecule has 0 saturated heterocycles. The van der Waals surface area contributed by atoms with E-state index < -0.39 is 0 Å². The predicted octanol–water partition coefficient (Wildman–Crippen LogP) is 2.74. The van der Waals surface area contributed by atoms with Crippen molar-refractivity contribution >= 4 is 6.08 Å². The van der Waals surface area contributed by atoms with E-state index in [0.29, 0.717) is 0 Å². The number of ether oxygens (including phenoxy) is 2. The van der Waals surface area contributed by atoms with Gasteiger partial charge in [0.25, 0.3) is 0 Å². The van der Waals surface area contributed by atoms with Crippen LogP contribution in [0.5, 0.6) is 11.5 Å². The summed E-state index contributed by atoms with van der Waals surface area (Å²) >= 11 is 0. The lowest BCUT2D eigenvalue weighted by molar-refractivity contribution is 0.402. The summed E-state index contributed by atoms with van der Waals surface area (Å²) in [5.74, 6) is 1.70. The molecule has 0 aliphatic carbocycles. The molecule has 1 aromatic carbocycles. The summed E-state index contributed by atoms with van der Waals surface area (Å²) < 4.78 is 10.3. The van der Waals surface area contributed by atoms with Crippen LogP contribution in [0, 0.1) is 0 Å². The zero-order valence-corrected chi connectivity index (χ0v) is 8.20. The zero-order valence-electron chi connectivity index (χ0n) is 8.20. The fourth-order valence-electron chi connectivity index (χ4n) is 1.15. The molecule has 0 aliphatic heterocycles. The van der Waals surface area contributed by atoms with Crippen LogP contribution in [0.4, 0.5) is 0 Å². The van der Waals surface area contributed by atoms with Crippen LogP contribution >= 0.6 is 0 Å². The van der Waals surface area contributed by atoms with Gasteiger partial charge in [-0.2, -0.15) is 0 Å². The van der Waals surface area contributed by atoms with Crippen molar-refractivity contribution in [3.63, 3.8) is 0 Å². The molecule has 1 aromatic rings. The molecule has 0 saturated carbocycles. The number of allylic oxidation sites excluding steroid dienone is 1. The molecule has 0 N–H and O–H groups in total. The zero-order chi connectivity index (χ0) is 9.68. The van der Waals surface area contributed by atoms with Crippen molar-refractivity contribution in [3.05, 3.63) is 29.8 Å². The van der Waals surface area contributed by atoms with Gasteiger partial charge in [-0.15, -0.1) is 0 Å². The van der Waals surface area contributed by atoms with Crippen molar-refractivity contribution < 1.29 is 9.47 Å². The first-order valence-corrected chi connectivity index (χ1v) is 4.16. The van der Waals surface area contributed by atoms with Crippen molar-refractivity contribution in [2.45, 2.75) is 6.92 Å². The fraction of sp³-hybridized carbons (Fsp3) is 0.273. The summed E-state index contributed by atoms with van der Waals surface area (Å²) in [6.45, 7) is 1.97. The lowest BCUT2D eigenvalue weighted by Crippen LogP contribution is -1.88. The van der Waals surface area contributed by atoms with Crippen LogP contribution in [0.1, 0.15) is 12.5 Å². The van der Waals surface area contributed by atoms with Gasteiger partial charge in [0.05, 0.1) is 14.2 Å². The van der Waals surface area contributed by atoms with Crippen molar-refractivity contribution in [2.75, 3.05) is 14.2 Å². The summed E-state index contributed by atoms with van der Waals surface area (Å²) in [7, 11) is 3.32. The molecular weight excluding hydrogens is 164 g/mol. The lowest BCUT2D eigenvalue weighted by atomic mass is 10.2. The molecule has 70 valence electrons. The van der Waals surface area contributed by atoms with E-state index in [0.717, 1.165) is 17.1 Å². The monoisotopic (exact) mass is 178 g/mol. The van der Waals surface area contributed by atoms with E-state index in [1.54, 1.807) is 14.2 Å². The Morgan fingerprint density at radius 2 is 1.92 bits per heavy atom. The van der Waals surface area contributed by atoms with Gasteiger partial charge >= 0.3 is 0 Å². The average Bonchev–Trinajstić information content (AvgIpc) is 2.18. The Bertz CT molecular complexity index is 303. The van der Waals surface area contributed by atoms with Crippen LogP contribution in [0.15, 0.2) is 24.3 Å². The maximum Gasteiger partial charge on any atom is 0.126 e. The third kappa shape index (κ3) is 2.25. The van der Waals surface area contributed by atoms with Gasteiger partial charge in [0, 0.05) is 5.56 Å². The summed E-state index contributed by atoms with van der Waals surface area (Å²) in [6, 6.07) is 5.72. The smallest absolute Gasteiger partial charge is 0.126 e. The lowest BCUT2D eigenvalue weighted by Gasteiger charge is -2.06. The molecule has 13 heavy (non-hydrogen) atoms. The third-order valence-corrected chi connectivity index (χ3v) is 1.78. The van der Waals surface area contributed by atoms with Crippen LogP contribution in [0.2, 0.25) is 0 Å². The first-order chi connectivity index (χ1) is 6.31. The van der Waals surface area contributed by atoms with Gasteiger partial charge in [0.2, 0.25) is 0 Å². The van der Waals surface area contributed by atoms with E-state index in [9.17, 15) is 0 Å². The molecule has 0 radical (unpaired) electrons. The van der Waals surface area contributed by atoms with E-state index in [2.05, 4.69) is 0 Å². The van der Waals surface area contributed by atoms with Gasteiger partial charge in [-0.05, 0) is 25.1 Å². The maximum absolute atomic E-state index is 5.19. The Kier molecular flexibility index (Phi) is 3.38. The number of hydrogen-bond donors (Lipinski definition) is 0. The summed E-state index contributed by atoms with van der Waals surface area (Å²) in [4.78, 5) is 0. The molecule has 2 heteroatoms. The molecule has 2 nitrogen and oxygen atoms in total. The molecule has 0 heterocycles. The number of benzene rings is 1. The predicted molar refractivity (Wildman–Crippen MR) is 54.3 cm³/mol. The van der Waals surface area contributed by atoms with Crippen molar-refractivity contribution in [3.8, 4) is 11.5 Å².